The van der Waals surface area contributed by atoms with E-state index in [1.54, 1.807) is 18.2 Å². The number of halogens is 2. The quantitative estimate of drug-likeness (QED) is 0.724. The summed E-state index contributed by atoms with van der Waals surface area (Å²) < 4.78 is 18.7. The molecule has 0 aliphatic heterocycles. The van der Waals surface area contributed by atoms with E-state index in [0.717, 1.165) is 0 Å². The van der Waals surface area contributed by atoms with E-state index in [-0.39, 0.29) is 22.8 Å². The first-order valence-corrected chi connectivity index (χ1v) is 6.21. The molecule has 0 unspecified atom stereocenters. The lowest BCUT2D eigenvalue weighted by molar-refractivity contribution is 0.431. The van der Waals surface area contributed by atoms with Crippen LogP contribution >= 0.6 is 11.6 Å². The zero-order valence-electron chi connectivity index (χ0n) is 10.4. The predicted molar refractivity (Wildman–Crippen MR) is 72.6 cm³/mol. The van der Waals surface area contributed by atoms with Crippen LogP contribution in [-0.4, -0.2) is 15.1 Å². The van der Waals surface area contributed by atoms with E-state index < -0.39 is 5.82 Å². The summed E-state index contributed by atoms with van der Waals surface area (Å²) in [4.78, 5) is 8.19. The third-order valence-electron chi connectivity index (χ3n) is 2.74. The standard InChI is InChI=1S/C14H6ClFN4O/c15-8-4-5-12(18-7-8)13-19-14(21-20-13)9-2-1-3-11(16)10(9)6-17/h1-5,7H. The van der Waals surface area contributed by atoms with Gasteiger partial charge in [0.25, 0.3) is 5.89 Å². The number of rotatable bonds is 2. The van der Waals surface area contributed by atoms with Crippen molar-refractivity contribution >= 4 is 11.6 Å². The molecule has 1 aromatic carbocycles. The summed E-state index contributed by atoms with van der Waals surface area (Å²) in [6.07, 6.45) is 1.45. The van der Waals surface area contributed by atoms with Crippen LogP contribution in [0.15, 0.2) is 41.1 Å². The second kappa shape index (κ2) is 5.31. The Hall–Kier alpha value is -2.78. The van der Waals surface area contributed by atoms with E-state index in [4.69, 9.17) is 21.4 Å². The van der Waals surface area contributed by atoms with Gasteiger partial charge >= 0.3 is 0 Å². The van der Waals surface area contributed by atoms with Crippen LogP contribution in [0, 0.1) is 17.1 Å². The molecular weight excluding hydrogens is 295 g/mol. The molecule has 0 aliphatic rings. The smallest absolute Gasteiger partial charge is 0.259 e. The molecule has 2 heterocycles. The summed E-state index contributed by atoms with van der Waals surface area (Å²) in [5, 5.41) is 13.3. The molecule has 21 heavy (non-hydrogen) atoms. The van der Waals surface area contributed by atoms with Gasteiger partial charge in [0.05, 0.1) is 10.6 Å². The largest absolute Gasteiger partial charge is 0.334 e. The van der Waals surface area contributed by atoms with Crippen LogP contribution < -0.4 is 0 Å². The molecule has 0 fully saturated rings. The molecule has 3 rings (SSSR count). The third kappa shape index (κ3) is 2.47. The summed E-state index contributed by atoms with van der Waals surface area (Å²) in [6.45, 7) is 0. The van der Waals surface area contributed by atoms with E-state index in [9.17, 15) is 4.39 Å². The van der Waals surface area contributed by atoms with Gasteiger partial charge in [-0.1, -0.05) is 22.8 Å². The molecule has 3 aromatic rings. The highest BCUT2D eigenvalue weighted by Crippen LogP contribution is 2.25. The van der Waals surface area contributed by atoms with E-state index in [2.05, 4.69) is 15.1 Å². The van der Waals surface area contributed by atoms with Crippen molar-refractivity contribution in [3.05, 3.63) is 52.9 Å². The first-order valence-electron chi connectivity index (χ1n) is 5.83. The van der Waals surface area contributed by atoms with Crippen molar-refractivity contribution in [2.24, 2.45) is 0 Å². The molecule has 5 nitrogen and oxygen atoms in total. The minimum Gasteiger partial charge on any atom is -0.334 e. The minimum absolute atomic E-state index is 0.0535. The fraction of sp³-hybridized carbons (Fsp3) is 0. The van der Waals surface area contributed by atoms with Gasteiger partial charge in [0.15, 0.2) is 0 Å². The molecule has 0 bridgehead atoms. The van der Waals surface area contributed by atoms with Gasteiger partial charge in [-0.3, -0.25) is 4.98 Å². The Bertz CT molecular complexity index is 839. The maximum atomic E-state index is 13.6. The molecule has 102 valence electrons. The highest BCUT2D eigenvalue weighted by Gasteiger charge is 2.17. The van der Waals surface area contributed by atoms with Crippen LogP contribution in [-0.2, 0) is 0 Å². The SMILES string of the molecule is N#Cc1c(F)cccc1-c1nc(-c2ccc(Cl)cn2)no1. The van der Waals surface area contributed by atoms with Gasteiger partial charge in [0.1, 0.15) is 23.1 Å². The van der Waals surface area contributed by atoms with Crippen molar-refractivity contribution in [2.75, 3.05) is 0 Å². The van der Waals surface area contributed by atoms with Gasteiger partial charge in [-0.2, -0.15) is 10.2 Å². The molecule has 0 saturated carbocycles. The molecule has 7 heteroatoms. The molecule has 0 radical (unpaired) electrons. The topological polar surface area (TPSA) is 75.6 Å². The number of aromatic nitrogens is 3. The molecule has 0 amide bonds. The van der Waals surface area contributed by atoms with Crippen molar-refractivity contribution < 1.29 is 8.91 Å². The van der Waals surface area contributed by atoms with Crippen molar-refractivity contribution in [2.45, 2.75) is 0 Å². The number of nitrogens with zero attached hydrogens (tertiary/aromatic N) is 4. The van der Waals surface area contributed by atoms with Crippen molar-refractivity contribution in [1.82, 2.24) is 15.1 Å². The fourth-order valence-corrected chi connectivity index (χ4v) is 1.87. The van der Waals surface area contributed by atoms with E-state index >= 15 is 0 Å². The highest BCUT2D eigenvalue weighted by molar-refractivity contribution is 6.30. The van der Waals surface area contributed by atoms with Crippen LogP contribution in [0.1, 0.15) is 5.56 Å². The monoisotopic (exact) mass is 300 g/mol. The van der Waals surface area contributed by atoms with Gasteiger partial charge in [-0.05, 0) is 24.3 Å². The third-order valence-corrected chi connectivity index (χ3v) is 2.96. The van der Waals surface area contributed by atoms with Crippen molar-refractivity contribution in [3.63, 3.8) is 0 Å². The minimum atomic E-state index is -0.639. The molecule has 0 saturated heterocycles. The zero-order valence-corrected chi connectivity index (χ0v) is 11.2. The van der Waals surface area contributed by atoms with E-state index in [0.29, 0.717) is 10.7 Å². The lowest BCUT2D eigenvalue weighted by atomic mass is 10.1. The Labute approximate surface area is 123 Å². The Morgan fingerprint density at radius 1 is 1.24 bits per heavy atom. The summed E-state index contributed by atoms with van der Waals surface area (Å²) in [7, 11) is 0. The van der Waals surface area contributed by atoms with Crippen LogP contribution in [0.25, 0.3) is 23.0 Å². The van der Waals surface area contributed by atoms with Crippen LogP contribution in [0.2, 0.25) is 5.02 Å². The number of nitriles is 1. The number of hydrogen-bond acceptors (Lipinski definition) is 5. The average Bonchev–Trinajstić information content (AvgIpc) is 2.97. The Kier molecular flexibility index (Phi) is 3.34. The van der Waals surface area contributed by atoms with Gasteiger partial charge in [-0.25, -0.2) is 4.39 Å². The molecule has 2 aromatic heterocycles. The summed E-state index contributed by atoms with van der Waals surface area (Å²) >= 11 is 5.75. The maximum absolute atomic E-state index is 13.6. The van der Waals surface area contributed by atoms with Crippen molar-refractivity contribution in [3.8, 4) is 29.0 Å². The average molecular weight is 301 g/mol. The fourth-order valence-electron chi connectivity index (χ4n) is 1.76. The van der Waals surface area contributed by atoms with E-state index in [1.165, 1.54) is 24.4 Å². The molecular formula is C14H6ClFN4O. The van der Waals surface area contributed by atoms with Crippen LogP contribution in [0.5, 0.6) is 0 Å². The number of benzene rings is 1. The molecule has 0 N–H and O–H groups in total. The lowest BCUT2D eigenvalue weighted by Crippen LogP contribution is -1.90. The highest BCUT2D eigenvalue weighted by atomic mass is 35.5. The second-order valence-corrected chi connectivity index (χ2v) is 4.50. The first-order chi connectivity index (χ1) is 10.2. The predicted octanol–water partition coefficient (Wildman–Crippen LogP) is 3.46. The molecule has 0 spiro atoms. The van der Waals surface area contributed by atoms with Crippen molar-refractivity contribution in [1.29, 1.82) is 5.26 Å². The molecule has 0 aliphatic carbocycles. The first kappa shape index (κ1) is 13.2. The molecule has 0 atom stereocenters. The normalized spacial score (nSPS) is 10.3. The summed E-state index contributed by atoms with van der Waals surface area (Å²) in [5.41, 5.74) is 0.561. The van der Waals surface area contributed by atoms with Gasteiger partial charge in [-0.15, -0.1) is 0 Å². The number of pyridine rings is 1. The Balaban J connectivity index is 2.05. The second-order valence-electron chi connectivity index (χ2n) is 4.06. The van der Waals surface area contributed by atoms with Gasteiger partial charge in [0, 0.05) is 6.20 Å². The zero-order chi connectivity index (χ0) is 14.8. The summed E-state index contributed by atoms with van der Waals surface area (Å²) in [5.74, 6) is -0.355. The van der Waals surface area contributed by atoms with Crippen LogP contribution in [0.4, 0.5) is 4.39 Å². The van der Waals surface area contributed by atoms with Gasteiger partial charge in [0.2, 0.25) is 5.82 Å². The Morgan fingerprint density at radius 3 is 2.81 bits per heavy atom. The Morgan fingerprint density at radius 2 is 2.10 bits per heavy atom. The van der Waals surface area contributed by atoms with Gasteiger partial charge < -0.3 is 4.52 Å². The maximum Gasteiger partial charge on any atom is 0.259 e. The number of hydrogen-bond donors (Lipinski definition) is 0. The lowest BCUT2D eigenvalue weighted by Gasteiger charge is -1.98. The summed E-state index contributed by atoms with van der Waals surface area (Å²) in [6, 6.07) is 9.26. The van der Waals surface area contributed by atoms with E-state index in [1.807, 2.05) is 0 Å². The van der Waals surface area contributed by atoms with Crippen LogP contribution in [0.3, 0.4) is 0 Å².